The number of hydrogen-bond donors (Lipinski definition) is 0. The summed E-state index contributed by atoms with van der Waals surface area (Å²) in [5, 5.41) is 1.89. The van der Waals surface area contributed by atoms with E-state index in [1.54, 1.807) is 6.07 Å². The molecule has 1 aliphatic heterocycles. The fourth-order valence-corrected chi connectivity index (χ4v) is 1.89. The van der Waals surface area contributed by atoms with Crippen LogP contribution in [0.2, 0.25) is 0 Å². The molecule has 88 valence electrons. The van der Waals surface area contributed by atoms with Gasteiger partial charge in [-0.3, -0.25) is 9.74 Å². The van der Waals surface area contributed by atoms with Gasteiger partial charge in [-0.05, 0) is 18.7 Å². The molecule has 1 aromatic carbocycles. The molecule has 0 aliphatic carbocycles. The molecule has 16 heavy (non-hydrogen) atoms. The molecule has 4 heteroatoms. The number of halogens is 1. The molecule has 1 atom stereocenters. The second kappa shape index (κ2) is 4.91. The highest BCUT2D eigenvalue weighted by Crippen LogP contribution is 2.29. The van der Waals surface area contributed by atoms with Crippen LogP contribution in [-0.2, 0) is 4.84 Å². The Hall–Kier alpha value is -0.970. The van der Waals surface area contributed by atoms with Crippen molar-refractivity contribution < 1.29 is 9.23 Å². The molecule has 1 heterocycles. The third-order valence-electron chi connectivity index (χ3n) is 2.81. The fraction of sp³-hybridized carbons (Fsp3) is 0.500. The Kier molecular flexibility index (Phi) is 3.53. The van der Waals surface area contributed by atoms with E-state index in [0.717, 1.165) is 25.3 Å². The minimum atomic E-state index is -0.216. The third kappa shape index (κ3) is 2.24. The molecule has 0 bridgehead atoms. The van der Waals surface area contributed by atoms with Crippen LogP contribution in [0.5, 0.6) is 0 Å². The average Bonchev–Trinajstić information content (AvgIpc) is 2.72. The van der Waals surface area contributed by atoms with Crippen molar-refractivity contribution in [3.63, 3.8) is 0 Å². The van der Waals surface area contributed by atoms with E-state index < -0.39 is 0 Å². The van der Waals surface area contributed by atoms with Crippen LogP contribution in [0.1, 0.15) is 25.6 Å². The van der Waals surface area contributed by atoms with Crippen LogP contribution in [0.4, 0.5) is 4.39 Å². The van der Waals surface area contributed by atoms with Crippen molar-refractivity contribution >= 4 is 0 Å². The maximum Gasteiger partial charge on any atom is 0.159 e. The van der Waals surface area contributed by atoms with Gasteiger partial charge in [0.1, 0.15) is 5.82 Å². The van der Waals surface area contributed by atoms with Gasteiger partial charge in [-0.15, -0.1) is 0 Å². The molecule has 1 aromatic rings. The van der Waals surface area contributed by atoms with Gasteiger partial charge in [-0.25, -0.2) is 4.39 Å². The summed E-state index contributed by atoms with van der Waals surface area (Å²) in [6.45, 7) is 6.62. The van der Waals surface area contributed by atoms with Gasteiger partial charge in [0.25, 0.3) is 0 Å². The lowest BCUT2D eigenvalue weighted by Crippen LogP contribution is -2.26. The minimum Gasteiger partial charge on any atom is -0.274 e. The fourth-order valence-electron chi connectivity index (χ4n) is 1.89. The molecule has 0 aromatic heterocycles. The van der Waals surface area contributed by atoms with Gasteiger partial charge in [0, 0.05) is 12.1 Å². The van der Waals surface area contributed by atoms with Crippen LogP contribution in [0.15, 0.2) is 24.3 Å². The smallest absolute Gasteiger partial charge is 0.159 e. The Labute approximate surface area is 95.4 Å². The first-order valence-electron chi connectivity index (χ1n) is 5.65. The second-order valence-electron chi connectivity index (χ2n) is 3.86. The summed E-state index contributed by atoms with van der Waals surface area (Å²) in [5.41, 5.74) is 0.873. The first-order valence-corrected chi connectivity index (χ1v) is 5.65. The highest BCUT2D eigenvalue weighted by atomic mass is 19.1. The molecule has 0 saturated carbocycles. The highest BCUT2D eigenvalue weighted by molar-refractivity contribution is 5.19. The van der Waals surface area contributed by atoms with Gasteiger partial charge in [0.2, 0.25) is 0 Å². The molecule has 3 nitrogen and oxygen atoms in total. The van der Waals surface area contributed by atoms with E-state index >= 15 is 0 Å². The van der Waals surface area contributed by atoms with E-state index in [9.17, 15) is 4.39 Å². The number of hydrogen-bond acceptors (Lipinski definition) is 3. The van der Waals surface area contributed by atoms with Crippen molar-refractivity contribution in [2.75, 3.05) is 19.8 Å². The summed E-state index contributed by atoms with van der Waals surface area (Å²) in [5.74, 6) is -0.216. The van der Waals surface area contributed by atoms with Crippen LogP contribution >= 0.6 is 0 Å². The molecule has 2 rings (SSSR count). The van der Waals surface area contributed by atoms with Gasteiger partial charge in [-0.1, -0.05) is 26.0 Å². The lowest BCUT2D eigenvalue weighted by molar-refractivity contribution is -0.151. The van der Waals surface area contributed by atoms with Gasteiger partial charge in [0.05, 0.1) is 6.67 Å². The van der Waals surface area contributed by atoms with Crippen LogP contribution in [0, 0.1) is 5.82 Å². The van der Waals surface area contributed by atoms with Crippen molar-refractivity contribution in [2.45, 2.75) is 20.1 Å². The van der Waals surface area contributed by atoms with E-state index in [4.69, 9.17) is 4.84 Å². The summed E-state index contributed by atoms with van der Waals surface area (Å²) in [6.07, 6.45) is -0.152. The van der Waals surface area contributed by atoms with Crippen LogP contribution < -0.4 is 0 Å². The Bertz CT molecular complexity index is 359. The maximum atomic E-state index is 13.1. The molecule has 0 amide bonds. The van der Waals surface area contributed by atoms with E-state index in [-0.39, 0.29) is 12.0 Å². The molecular formula is C12H17FN2O. The monoisotopic (exact) mass is 224 g/mol. The lowest BCUT2D eigenvalue weighted by Gasteiger charge is -2.19. The topological polar surface area (TPSA) is 15.7 Å². The zero-order chi connectivity index (χ0) is 11.5. The second-order valence-corrected chi connectivity index (χ2v) is 3.86. The summed E-state index contributed by atoms with van der Waals surface area (Å²) >= 11 is 0. The van der Waals surface area contributed by atoms with Crippen LogP contribution in [0.3, 0.4) is 0 Å². The van der Waals surface area contributed by atoms with Crippen molar-refractivity contribution in [1.82, 2.24) is 9.96 Å². The summed E-state index contributed by atoms with van der Waals surface area (Å²) in [6, 6.07) is 6.60. The number of nitrogens with zero attached hydrogens (tertiary/aromatic N) is 2. The maximum absolute atomic E-state index is 13.1. The van der Waals surface area contributed by atoms with Gasteiger partial charge in [0.15, 0.2) is 6.23 Å². The highest BCUT2D eigenvalue weighted by Gasteiger charge is 2.30. The number of benzene rings is 1. The zero-order valence-corrected chi connectivity index (χ0v) is 9.69. The largest absolute Gasteiger partial charge is 0.274 e. The molecule has 1 aliphatic rings. The molecule has 0 N–H and O–H groups in total. The summed E-state index contributed by atoms with van der Waals surface area (Å²) in [7, 11) is 0. The zero-order valence-electron chi connectivity index (χ0n) is 9.69. The van der Waals surface area contributed by atoms with Crippen molar-refractivity contribution in [3.8, 4) is 0 Å². The van der Waals surface area contributed by atoms with E-state index in [2.05, 4.69) is 11.8 Å². The van der Waals surface area contributed by atoms with E-state index in [0.29, 0.717) is 0 Å². The van der Waals surface area contributed by atoms with Crippen molar-refractivity contribution in [1.29, 1.82) is 0 Å². The molecular weight excluding hydrogens is 207 g/mol. The third-order valence-corrected chi connectivity index (χ3v) is 2.81. The molecule has 0 spiro atoms. The SMILES string of the molecule is CCN1CN(CC)C(c2cccc(F)c2)O1. The first-order chi connectivity index (χ1) is 7.74. The van der Waals surface area contributed by atoms with Crippen molar-refractivity contribution in [3.05, 3.63) is 35.6 Å². The van der Waals surface area contributed by atoms with Gasteiger partial charge >= 0.3 is 0 Å². The van der Waals surface area contributed by atoms with Crippen LogP contribution in [-0.4, -0.2) is 29.7 Å². The Morgan fingerprint density at radius 3 is 2.81 bits per heavy atom. The Morgan fingerprint density at radius 1 is 1.38 bits per heavy atom. The van der Waals surface area contributed by atoms with Gasteiger partial charge in [-0.2, -0.15) is 5.06 Å². The van der Waals surface area contributed by atoms with Crippen LogP contribution in [0.25, 0.3) is 0 Å². The first kappa shape index (κ1) is 11.5. The van der Waals surface area contributed by atoms with Crippen molar-refractivity contribution in [2.24, 2.45) is 0 Å². The van der Waals surface area contributed by atoms with Gasteiger partial charge < -0.3 is 0 Å². The summed E-state index contributed by atoms with van der Waals surface area (Å²) in [4.78, 5) is 7.91. The Morgan fingerprint density at radius 2 is 2.19 bits per heavy atom. The van der Waals surface area contributed by atoms with E-state index in [1.807, 2.05) is 18.1 Å². The molecule has 1 fully saturated rings. The predicted octanol–water partition coefficient (Wildman–Crippen LogP) is 2.37. The number of rotatable bonds is 3. The molecule has 1 saturated heterocycles. The normalized spacial score (nSPS) is 22.8. The number of hydroxylamine groups is 2. The Balaban J connectivity index is 2.19. The average molecular weight is 224 g/mol. The lowest BCUT2D eigenvalue weighted by atomic mass is 10.2. The standard InChI is InChI=1S/C12H17FN2O/c1-3-14-9-15(4-2)16-12(14)10-6-5-7-11(13)8-10/h5-8,12H,3-4,9H2,1-2H3. The predicted molar refractivity (Wildman–Crippen MR) is 59.9 cm³/mol. The summed E-state index contributed by atoms with van der Waals surface area (Å²) < 4.78 is 13.1. The molecule has 1 unspecified atom stereocenters. The molecule has 0 radical (unpaired) electrons. The quantitative estimate of drug-likeness (QED) is 0.784. The van der Waals surface area contributed by atoms with E-state index in [1.165, 1.54) is 12.1 Å². The minimum absolute atomic E-state index is 0.152.